The first-order chi connectivity index (χ1) is 27.5. The number of halogens is 4. The molecule has 0 fully saturated rings. The van der Waals surface area contributed by atoms with E-state index in [-0.39, 0.29) is 24.7 Å². The highest BCUT2D eigenvalue weighted by atomic mass is 35.5. The lowest BCUT2D eigenvalue weighted by Crippen LogP contribution is -2.41. The maximum Gasteiger partial charge on any atom is 0.407 e. The number of rotatable bonds is 13. The number of ketones is 1. The molecule has 6 aromatic rings. The first-order valence-corrected chi connectivity index (χ1v) is 19.9. The Morgan fingerprint density at radius 1 is 0.776 bits per heavy atom. The van der Waals surface area contributed by atoms with Crippen LogP contribution in [0.15, 0.2) is 84.9 Å². The zero-order valence-corrected chi connectivity index (χ0v) is 35.4. The van der Waals surface area contributed by atoms with Crippen LogP contribution in [0.25, 0.3) is 22.1 Å². The summed E-state index contributed by atoms with van der Waals surface area (Å²) in [5.74, 6) is 0.763. The van der Waals surface area contributed by atoms with Crippen molar-refractivity contribution in [3.05, 3.63) is 128 Å². The van der Waals surface area contributed by atoms with Crippen LogP contribution in [-0.2, 0) is 40.1 Å². The highest BCUT2D eigenvalue weighted by Gasteiger charge is 2.22. The van der Waals surface area contributed by atoms with Gasteiger partial charge in [-0.1, -0.05) is 82.8 Å². The van der Waals surface area contributed by atoms with Crippen molar-refractivity contribution in [3.8, 4) is 0 Å². The highest BCUT2D eigenvalue weighted by molar-refractivity contribution is 6.35. The zero-order chi connectivity index (χ0) is 42.4. The molecular weight excluding hydrogens is 824 g/mol. The molecule has 0 aliphatic carbocycles. The number of carbonyl (C=O) groups is 3. The lowest BCUT2D eigenvalue weighted by atomic mass is 10.00. The SMILES string of the molecule is CC(C)(C)OC(=O)N[C@@H](CC(=O)O)Cc1ccc(Cl)cc1Cl.NCc1nc2ccccc2[nH]1.N[C@@H](CC(=O)CCc1nc2ccccc2[nH]1)Cc1ccc(Cl)cc1Cl. The molecule has 0 aliphatic rings. The number of aromatic amines is 2. The molecule has 308 valence electrons. The summed E-state index contributed by atoms with van der Waals surface area (Å²) in [6, 6.07) is 25.1. The number of fused-ring (bicyclic) bond motifs is 2. The largest absolute Gasteiger partial charge is 0.481 e. The molecule has 0 bridgehead atoms. The smallest absolute Gasteiger partial charge is 0.407 e. The van der Waals surface area contributed by atoms with Crippen molar-refractivity contribution in [1.29, 1.82) is 0 Å². The summed E-state index contributed by atoms with van der Waals surface area (Å²) < 4.78 is 5.14. The predicted octanol–water partition coefficient (Wildman–Crippen LogP) is 9.26. The number of alkyl carbamates (subject to hydrolysis) is 1. The fourth-order valence-corrected chi connectivity index (χ4v) is 6.70. The number of hydrogen-bond acceptors (Lipinski definition) is 8. The standard InChI is InChI=1S/C19H19Cl2N3O.C15H19Cl2NO4.C8H9N3/c20-13-6-5-12(16(21)10-13)9-14(22)11-15(25)7-8-19-23-17-3-1-2-4-18(17)24-19;1-15(2,3)22-14(21)18-11(8-13(19)20)6-9-4-5-10(16)7-12(9)17;9-5-8-10-6-3-1-2-4-7(6)11-8/h1-6,10,14H,7-9,11,22H2,(H,23,24);4-5,7,11H,6,8H2,1-3H3,(H,18,21)(H,19,20);1-4H,5,9H2,(H,10,11)/t14-;11-;/m11./s1. The molecule has 58 heavy (non-hydrogen) atoms. The molecule has 0 saturated heterocycles. The summed E-state index contributed by atoms with van der Waals surface area (Å²) in [4.78, 5) is 50.0. The van der Waals surface area contributed by atoms with Crippen molar-refractivity contribution in [2.24, 2.45) is 11.5 Å². The van der Waals surface area contributed by atoms with Crippen LogP contribution in [0.5, 0.6) is 0 Å². The summed E-state index contributed by atoms with van der Waals surface area (Å²) in [5.41, 5.74) is 16.4. The zero-order valence-electron chi connectivity index (χ0n) is 32.3. The first kappa shape index (κ1) is 46.0. The van der Waals surface area contributed by atoms with E-state index in [2.05, 4.69) is 25.3 Å². The fourth-order valence-electron chi connectivity index (χ4n) is 5.73. The number of imidazole rings is 2. The Kier molecular flexibility index (Phi) is 17.4. The normalized spacial score (nSPS) is 12.2. The number of aryl methyl sites for hydroxylation is 1. The van der Waals surface area contributed by atoms with Crippen LogP contribution in [0.3, 0.4) is 0 Å². The number of hydrogen-bond donors (Lipinski definition) is 6. The van der Waals surface area contributed by atoms with E-state index in [9.17, 15) is 14.4 Å². The Bertz CT molecular complexity index is 2240. The number of nitrogens with one attached hydrogen (secondary N) is 3. The molecule has 2 heterocycles. The van der Waals surface area contributed by atoms with Gasteiger partial charge >= 0.3 is 12.1 Å². The van der Waals surface area contributed by atoms with E-state index in [1.165, 1.54) is 0 Å². The van der Waals surface area contributed by atoms with Crippen molar-refractivity contribution < 1.29 is 24.2 Å². The monoisotopic (exact) mass is 869 g/mol. The minimum absolute atomic E-state index is 0.123. The van der Waals surface area contributed by atoms with E-state index < -0.39 is 23.7 Å². The number of nitrogens with zero attached hydrogens (tertiary/aromatic N) is 2. The highest BCUT2D eigenvalue weighted by Crippen LogP contribution is 2.24. The third kappa shape index (κ3) is 15.6. The van der Waals surface area contributed by atoms with Gasteiger partial charge < -0.3 is 36.6 Å². The molecular formula is C42H47Cl4N7O5. The average Bonchev–Trinajstić information content (AvgIpc) is 3.77. The second-order valence-corrected chi connectivity index (χ2v) is 16.1. The van der Waals surface area contributed by atoms with Crippen LogP contribution in [0.1, 0.15) is 62.8 Å². The molecule has 0 radical (unpaired) electrons. The van der Waals surface area contributed by atoms with Crippen LogP contribution in [0.4, 0.5) is 4.79 Å². The van der Waals surface area contributed by atoms with Gasteiger partial charge in [-0.2, -0.15) is 0 Å². The van der Waals surface area contributed by atoms with Gasteiger partial charge in [-0.25, -0.2) is 14.8 Å². The molecule has 2 atom stereocenters. The summed E-state index contributed by atoms with van der Waals surface area (Å²) >= 11 is 23.9. The Labute approximate surface area is 357 Å². The molecule has 0 aliphatic heterocycles. The molecule has 6 rings (SSSR count). The fraction of sp³-hybridized carbons (Fsp3) is 0.310. The molecule has 8 N–H and O–H groups in total. The van der Waals surface area contributed by atoms with Crippen LogP contribution in [-0.4, -0.2) is 60.6 Å². The predicted molar refractivity (Wildman–Crippen MR) is 232 cm³/mol. The summed E-state index contributed by atoms with van der Waals surface area (Å²) in [7, 11) is 0. The van der Waals surface area contributed by atoms with Crippen molar-refractivity contribution in [2.75, 3.05) is 0 Å². The summed E-state index contributed by atoms with van der Waals surface area (Å²) in [6.45, 7) is 5.66. The van der Waals surface area contributed by atoms with Crippen molar-refractivity contribution in [2.45, 2.75) is 83.5 Å². The second-order valence-electron chi connectivity index (χ2n) is 14.4. The van der Waals surface area contributed by atoms with Crippen LogP contribution >= 0.6 is 46.4 Å². The van der Waals surface area contributed by atoms with E-state index in [4.69, 9.17) is 67.7 Å². The van der Waals surface area contributed by atoms with Gasteiger partial charge in [0.1, 0.15) is 23.0 Å². The second kappa shape index (κ2) is 21.9. The molecule has 4 aromatic carbocycles. The number of aromatic nitrogens is 4. The van der Waals surface area contributed by atoms with E-state index in [1.807, 2.05) is 54.6 Å². The number of carboxylic acid groups (broad SMARTS) is 1. The van der Waals surface area contributed by atoms with E-state index >= 15 is 0 Å². The Hall–Kier alpha value is -4.69. The number of ether oxygens (including phenoxy) is 1. The minimum atomic E-state index is -1.02. The maximum atomic E-state index is 12.2. The Morgan fingerprint density at radius 2 is 1.29 bits per heavy atom. The third-order valence-electron chi connectivity index (χ3n) is 8.32. The summed E-state index contributed by atoms with van der Waals surface area (Å²) in [5, 5.41) is 13.6. The number of amides is 1. The minimum Gasteiger partial charge on any atom is -0.481 e. The van der Waals surface area contributed by atoms with E-state index in [1.54, 1.807) is 51.1 Å². The third-order valence-corrected chi connectivity index (χ3v) is 9.50. The Morgan fingerprint density at radius 3 is 1.79 bits per heavy atom. The van der Waals surface area contributed by atoms with Crippen LogP contribution < -0.4 is 16.8 Å². The number of carbonyl (C=O) groups excluding carboxylic acids is 2. The molecule has 0 unspecified atom stereocenters. The van der Waals surface area contributed by atoms with Crippen molar-refractivity contribution >= 4 is 86.3 Å². The number of nitrogens with two attached hydrogens (primary N) is 2. The van der Waals surface area contributed by atoms with Gasteiger partial charge in [0.2, 0.25) is 0 Å². The van der Waals surface area contributed by atoms with E-state index in [0.29, 0.717) is 57.9 Å². The van der Waals surface area contributed by atoms with Gasteiger partial charge in [-0.3, -0.25) is 9.59 Å². The number of benzene rings is 4. The molecule has 1 amide bonds. The Balaban J connectivity index is 0.000000206. The lowest BCUT2D eigenvalue weighted by molar-refractivity contribution is -0.137. The van der Waals surface area contributed by atoms with Gasteiger partial charge in [0.15, 0.2) is 0 Å². The van der Waals surface area contributed by atoms with Gasteiger partial charge in [-0.05, 0) is 93.3 Å². The molecule has 2 aromatic heterocycles. The number of carboxylic acids is 1. The van der Waals surface area contributed by atoms with Crippen molar-refractivity contribution in [1.82, 2.24) is 25.3 Å². The van der Waals surface area contributed by atoms with Gasteiger partial charge in [0.05, 0.1) is 35.0 Å². The van der Waals surface area contributed by atoms with E-state index in [0.717, 1.165) is 39.3 Å². The maximum absolute atomic E-state index is 12.2. The quantitative estimate of drug-likeness (QED) is 0.0654. The molecule has 0 saturated carbocycles. The topological polar surface area (TPSA) is 202 Å². The van der Waals surface area contributed by atoms with Gasteiger partial charge in [0, 0.05) is 51.4 Å². The van der Waals surface area contributed by atoms with Crippen LogP contribution in [0, 0.1) is 0 Å². The first-order valence-electron chi connectivity index (χ1n) is 18.4. The van der Waals surface area contributed by atoms with Crippen molar-refractivity contribution in [3.63, 3.8) is 0 Å². The lowest BCUT2D eigenvalue weighted by Gasteiger charge is -2.23. The molecule has 12 nitrogen and oxygen atoms in total. The number of aliphatic carboxylic acids is 1. The number of Topliss-reactive ketones (excluding diaryl/α,β-unsaturated/α-hetero) is 1. The van der Waals surface area contributed by atoms with Gasteiger partial charge in [0.25, 0.3) is 0 Å². The summed E-state index contributed by atoms with van der Waals surface area (Å²) in [6.07, 6.45) is 1.23. The molecule has 16 heteroatoms. The van der Waals surface area contributed by atoms with Gasteiger partial charge in [-0.15, -0.1) is 0 Å². The average molecular weight is 872 g/mol. The van der Waals surface area contributed by atoms with Crippen LogP contribution in [0.2, 0.25) is 20.1 Å². The number of para-hydroxylation sites is 4. The molecule has 0 spiro atoms. The number of H-pyrrole nitrogens is 2.